The first-order valence-electron chi connectivity index (χ1n) is 6.56. The Morgan fingerprint density at radius 3 is 3.10 bits per heavy atom. The van der Waals surface area contributed by atoms with Crippen LogP contribution in [0.25, 0.3) is 10.9 Å². The number of hydrogen-bond donors (Lipinski definition) is 1. The minimum absolute atomic E-state index is 0.0390. The van der Waals surface area contributed by atoms with E-state index in [-0.39, 0.29) is 11.8 Å². The number of aromatic nitrogens is 2. The fraction of sp³-hybridized carbons (Fsp3) is 0.357. The van der Waals surface area contributed by atoms with Gasteiger partial charge in [0.25, 0.3) is 0 Å². The van der Waals surface area contributed by atoms with Crippen molar-refractivity contribution < 1.29 is 4.79 Å². The highest BCUT2D eigenvalue weighted by Gasteiger charge is 2.29. The normalized spacial score (nSPS) is 18.5. The summed E-state index contributed by atoms with van der Waals surface area (Å²) in [5.74, 6) is 1.05. The van der Waals surface area contributed by atoms with Crippen molar-refractivity contribution in [1.29, 1.82) is 0 Å². The molecule has 20 heavy (non-hydrogen) atoms. The molecule has 0 bridgehead atoms. The summed E-state index contributed by atoms with van der Waals surface area (Å²) in [4.78, 5) is 22.6. The monoisotopic (exact) mass is 334 g/mol. The van der Waals surface area contributed by atoms with E-state index in [0.29, 0.717) is 6.54 Å². The maximum Gasteiger partial charge on any atom is 0.224 e. The van der Waals surface area contributed by atoms with Gasteiger partial charge in [-0.05, 0) is 24.6 Å². The van der Waals surface area contributed by atoms with Crippen LogP contribution in [0.4, 0.5) is 5.82 Å². The molecular weight excluding hydrogens is 320 g/mol. The zero-order valence-electron chi connectivity index (χ0n) is 11.1. The van der Waals surface area contributed by atoms with Crippen LogP contribution in [0.3, 0.4) is 0 Å². The molecule has 1 aromatic heterocycles. The number of benzene rings is 1. The van der Waals surface area contributed by atoms with Crippen molar-refractivity contribution in [3.63, 3.8) is 0 Å². The summed E-state index contributed by atoms with van der Waals surface area (Å²) in [6.07, 6.45) is 2.44. The molecule has 0 radical (unpaired) electrons. The van der Waals surface area contributed by atoms with Gasteiger partial charge in [0, 0.05) is 30.0 Å². The summed E-state index contributed by atoms with van der Waals surface area (Å²) in [6.45, 7) is 1.55. The van der Waals surface area contributed by atoms with Crippen molar-refractivity contribution in [3.8, 4) is 0 Å². The lowest BCUT2D eigenvalue weighted by Crippen LogP contribution is -2.30. The molecule has 0 aliphatic carbocycles. The first-order chi connectivity index (χ1) is 9.69. The maximum atomic E-state index is 11.7. The number of amides is 1. The van der Waals surface area contributed by atoms with Crippen LogP contribution in [0.1, 0.15) is 6.42 Å². The van der Waals surface area contributed by atoms with Gasteiger partial charge in [0.2, 0.25) is 5.91 Å². The van der Waals surface area contributed by atoms with E-state index in [0.717, 1.165) is 34.2 Å². The van der Waals surface area contributed by atoms with Crippen molar-refractivity contribution in [1.82, 2.24) is 15.3 Å². The van der Waals surface area contributed by atoms with Crippen molar-refractivity contribution in [2.75, 3.05) is 25.0 Å². The lowest BCUT2D eigenvalue weighted by Gasteiger charge is -2.18. The Balaban J connectivity index is 1.95. The molecule has 3 rings (SSSR count). The Morgan fingerprint density at radius 1 is 1.45 bits per heavy atom. The molecule has 1 atom stereocenters. The highest BCUT2D eigenvalue weighted by atomic mass is 79.9. The zero-order valence-corrected chi connectivity index (χ0v) is 12.7. The molecule has 0 spiro atoms. The number of halogens is 1. The van der Waals surface area contributed by atoms with Crippen LogP contribution in [0.5, 0.6) is 0 Å². The molecule has 0 saturated carbocycles. The lowest BCUT2D eigenvalue weighted by atomic mass is 10.1. The molecule has 5 nitrogen and oxygen atoms in total. The van der Waals surface area contributed by atoms with E-state index in [2.05, 4.69) is 36.1 Å². The number of fused-ring (bicyclic) bond motifs is 1. The molecule has 2 aromatic rings. The molecule has 1 saturated heterocycles. The predicted octanol–water partition coefficient (Wildman–Crippen LogP) is 1.96. The third-order valence-electron chi connectivity index (χ3n) is 3.68. The van der Waals surface area contributed by atoms with Gasteiger partial charge < -0.3 is 10.2 Å². The average Bonchev–Trinajstić information content (AvgIpc) is 2.95. The number of carbonyl (C=O) groups is 1. The highest BCUT2D eigenvalue weighted by Crippen LogP contribution is 2.29. The second kappa shape index (κ2) is 5.36. The van der Waals surface area contributed by atoms with Crippen LogP contribution in [-0.2, 0) is 4.79 Å². The van der Waals surface area contributed by atoms with Crippen LogP contribution in [0, 0.1) is 5.92 Å². The van der Waals surface area contributed by atoms with Crippen LogP contribution in [0.2, 0.25) is 0 Å². The van der Waals surface area contributed by atoms with E-state index in [4.69, 9.17) is 0 Å². The van der Waals surface area contributed by atoms with Crippen molar-refractivity contribution in [3.05, 3.63) is 29.0 Å². The first kappa shape index (κ1) is 13.3. The summed E-state index contributed by atoms with van der Waals surface area (Å²) in [7, 11) is 1.68. The summed E-state index contributed by atoms with van der Waals surface area (Å²) in [6, 6.07) is 5.96. The van der Waals surface area contributed by atoms with E-state index in [9.17, 15) is 4.79 Å². The number of carbonyl (C=O) groups excluding carboxylic acids is 1. The Bertz CT molecular complexity index is 661. The Kier molecular flexibility index (Phi) is 3.56. The Hall–Kier alpha value is -1.69. The van der Waals surface area contributed by atoms with Gasteiger partial charge in [0.1, 0.15) is 12.1 Å². The largest absolute Gasteiger partial charge is 0.359 e. The number of nitrogens with zero attached hydrogens (tertiary/aromatic N) is 3. The average molecular weight is 335 g/mol. The molecule has 1 aromatic carbocycles. The molecule has 1 aliphatic rings. The van der Waals surface area contributed by atoms with Crippen LogP contribution < -0.4 is 10.2 Å². The van der Waals surface area contributed by atoms with Gasteiger partial charge in [-0.2, -0.15) is 0 Å². The first-order valence-corrected chi connectivity index (χ1v) is 7.35. The fourth-order valence-electron chi connectivity index (χ4n) is 2.64. The molecule has 2 heterocycles. The highest BCUT2D eigenvalue weighted by molar-refractivity contribution is 9.10. The van der Waals surface area contributed by atoms with E-state index in [1.54, 1.807) is 13.4 Å². The molecule has 1 unspecified atom stereocenters. The predicted molar refractivity (Wildman–Crippen MR) is 81.6 cm³/mol. The zero-order chi connectivity index (χ0) is 14.1. The Labute approximate surface area is 125 Å². The molecule has 104 valence electrons. The van der Waals surface area contributed by atoms with Gasteiger partial charge in [0.05, 0.1) is 11.4 Å². The number of nitrogens with one attached hydrogen (secondary N) is 1. The maximum absolute atomic E-state index is 11.7. The molecular formula is C14H15BrN4O. The smallest absolute Gasteiger partial charge is 0.224 e. The van der Waals surface area contributed by atoms with Gasteiger partial charge >= 0.3 is 0 Å². The third-order valence-corrected chi connectivity index (χ3v) is 4.17. The summed E-state index contributed by atoms with van der Waals surface area (Å²) < 4.78 is 1.00. The molecule has 1 fully saturated rings. The summed E-state index contributed by atoms with van der Waals surface area (Å²) >= 11 is 3.48. The van der Waals surface area contributed by atoms with E-state index in [1.807, 2.05) is 18.2 Å². The van der Waals surface area contributed by atoms with Gasteiger partial charge in [-0.1, -0.05) is 15.9 Å². The summed E-state index contributed by atoms with van der Waals surface area (Å²) in [5, 5.41) is 3.73. The van der Waals surface area contributed by atoms with Gasteiger partial charge in [-0.15, -0.1) is 0 Å². The molecule has 1 aliphatic heterocycles. The topological polar surface area (TPSA) is 58.1 Å². The number of rotatable bonds is 2. The Morgan fingerprint density at radius 2 is 2.30 bits per heavy atom. The van der Waals surface area contributed by atoms with Crippen LogP contribution in [-0.4, -0.2) is 36.0 Å². The minimum Gasteiger partial charge on any atom is -0.359 e. The summed E-state index contributed by atoms with van der Waals surface area (Å²) in [5.41, 5.74) is 0.918. The van der Waals surface area contributed by atoms with Gasteiger partial charge in [-0.3, -0.25) is 4.79 Å². The van der Waals surface area contributed by atoms with Crippen LogP contribution >= 0.6 is 15.9 Å². The van der Waals surface area contributed by atoms with E-state index < -0.39 is 0 Å². The lowest BCUT2D eigenvalue weighted by molar-refractivity contribution is -0.123. The quantitative estimate of drug-likeness (QED) is 0.912. The van der Waals surface area contributed by atoms with Crippen LogP contribution in [0.15, 0.2) is 29.0 Å². The second-order valence-corrected chi connectivity index (χ2v) is 5.82. The molecule has 6 heteroatoms. The SMILES string of the molecule is CNC(=O)C1CCN(c2ncnc3ccc(Br)cc23)C1. The van der Waals surface area contributed by atoms with Crippen molar-refractivity contribution >= 4 is 38.6 Å². The number of hydrogen-bond acceptors (Lipinski definition) is 4. The second-order valence-electron chi connectivity index (χ2n) is 4.90. The molecule has 1 N–H and O–H groups in total. The van der Waals surface area contributed by atoms with E-state index >= 15 is 0 Å². The standard InChI is InChI=1S/C14H15BrN4O/c1-16-14(20)9-4-5-19(7-9)13-11-6-10(15)2-3-12(11)17-8-18-13/h2-3,6,8-9H,4-5,7H2,1H3,(H,16,20). The van der Waals surface area contributed by atoms with Crippen molar-refractivity contribution in [2.45, 2.75) is 6.42 Å². The van der Waals surface area contributed by atoms with Gasteiger partial charge in [-0.25, -0.2) is 9.97 Å². The van der Waals surface area contributed by atoms with Gasteiger partial charge in [0.15, 0.2) is 0 Å². The third kappa shape index (κ3) is 2.35. The minimum atomic E-state index is 0.0390. The molecule has 1 amide bonds. The van der Waals surface area contributed by atoms with Crippen molar-refractivity contribution in [2.24, 2.45) is 5.92 Å². The number of anilines is 1. The fourth-order valence-corrected chi connectivity index (χ4v) is 3.00. The van der Waals surface area contributed by atoms with E-state index in [1.165, 1.54) is 0 Å².